The van der Waals surface area contributed by atoms with Crippen LogP contribution >= 0.6 is 15.9 Å². The normalized spacial score (nSPS) is 16.3. The Morgan fingerprint density at radius 2 is 0.486 bits per heavy atom. The number of halogens is 1. The van der Waals surface area contributed by atoms with Crippen LogP contribution in [0.15, 0.2) is 84.9 Å². The van der Waals surface area contributed by atoms with Crippen molar-refractivity contribution in [2.45, 2.75) is 63.6 Å². The molecule has 72 heavy (non-hydrogen) atoms. The average Bonchev–Trinajstić information content (AvgIpc) is 4.23. The molecule has 5 aliphatic rings. The fourth-order valence-electron chi connectivity index (χ4n) is 19.0. The van der Waals surface area contributed by atoms with Crippen LogP contribution in [0.1, 0.15) is 84.8 Å². The standard InChI is InChI=1S/C35H16.C32H12.C3H7Br.Na.H/c1-35(2)33-17-9-15-7-13-5-11-3-4-12-6-14-8-16-10-18(34(33)35)26-25(17)29-23(15)21(13)27-19(11)20(12)28-22(14)24(16)30(26)32(29)31(27)28;1-2-12-6-16-10-18-8-14-4-3-13-7-17-9-15-5-11(1)19-20(12)28-24(16)26(18)30-22(14)21(13)29-25(17)23(15)27(19)31(28)32(29)30;1-3(2)4;;/h3-6,9-10H,7-8H2,1-2H3;1-8H,9-10H2;3H,1-2H3;;/q;;;+1;-1. The van der Waals surface area contributed by atoms with Crippen molar-refractivity contribution in [3.8, 4) is 0 Å². The Balaban J connectivity index is 0.0000000985. The van der Waals surface area contributed by atoms with Gasteiger partial charge in [-0.25, -0.2) is 0 Å². The molecule has 324 valence electrons. The van der Waals surface area contributed by atoms with E-state index in [1.165, 1.54) is 53.9 Å². The molecule has 0 heterocycles. The molecule has 0 amide bonds. The summed E-state index contributed by atoms with van der Waals surface area (Å²) in [6, 6.07) is 34.8. The summed E-state index contributed by atoms with van der Waals surface area (Å²) in [6.07, 6.45) is 4.34. The van der Waals surface area contributed by atoms with Crippen molar-refractivity contribution in [3.63, 3.8) is 0 Å². The van der Waals surface area contributed by atoms with Crippen molar-refractivity contribution >= 4 is 210 Å². The van der Waals surface area contributed by atoms with Crippen molar-refractivity contribution in [1.29, 1.82) is 0 Å². The van der Waals surface area contributed by atoms with E-state index in [-0.39, 0.29) is 36.4 Å². The van der Waals surface area contributed by atoms with Crippen LogP contribution in [-0.2, 0) is 31.1 Å². The van der Waals surface area contributed by atoms with E-state index in [1.54, 1.807) is 196 Å². The van der Waals surface area contributed by atoms with Gasteiger partial charge in [-0.15, -0.1) is 0 Å². The van der Waals surface area contributed by atoms with Crippen LogP contribution in [0, 0.1) is 0 Å². The van der Waals surface area contributed by atoms with Crippen molar-refractivity contribution in [1.82, 2.24) is 0 Å². The van der Waals surface area contributed by atoms with Gasteiger partial charge in [0.1, 0.15) is 0 Å². The van der Waals surface area contributed by atoms with Crippen molar-refractivity contribution < 1.29 is 31.0 Å². The third kappa shape index (κ3) is 3.22. The Labute approximate surface area is 441 Å². The Kier molecular flexibility index (Phi) is 5.29. The summed E-state index contributed by atoms with van der Waals surface area (Å²) in [6.45, 7) is 9.08. The molecule has 0 radical (unpaired) electrons. The molecule has 0 aliphatic heterocycles. The first-order valence-electron chi connectivity index (χ1n) is 26.3. The fourth-order valence-corrected chi connectivity index (χ4v) is 19.0. The molecule has 0 aromatic heterocycles. The predicted molar refractivity (Wildman–Crippen MR) is 311 cm³/mol. The monoisotopic (exact) mass is 978 g/mol. The van der Waals surface area contributed by atoms with Crippen LogP contribution in [0.4, 0.5) is 0 Å². The zero-order chi connectivity index (χ0) is 45.4. The van der Waals surface area contributed by atoms with Crippen LogP contribution in [0.25, 0.3) is 194 Å². The summed E-state index contributed by atoms with van der Waals surface area (Å²) in [5, 5.41) is 56.0. The van der Waals surface area contributed by atoms with Gasteiger partial charge in [-0.2, -0.15) is 0 Å². The maximum atomic E-state index is 3.27. The second-order valence-electron chi connectivity index (χ2n) is 24.5. The van der Waals surface area contributed by atoms with Crippen molar-refractivity contribution in [3.05, 3.63) is 141 Å². The maximum absolute atomic E-state index is 3.27. The number of benzene rings is 16. The predicted octanol–water partition coefficient (Wildman–Crippen LogP) is 16.5. The molecular weight excluding hydrogens is 944 g/mol. The van der Waals surface area contributed by atoms with Crippen LogP contribution in [-0.4, -0.2) is 4.83 Å². The zero-order valence-corrected chi connectivity index (χ0v) is 44.0. The van der Waals surface area contributed by atoms with E-state index >= 15 is 0 Å². The average molecular weight is 980 g/mol. The first-order chi connectivity index (χ1) is 34.7. The smallest absolute Gasteiger partial charge is 1.00 e. The molecule has 0 N–H and O–H groups in total. The van der Waals surface area contributed by atoms with Crippen LogP contribution in [0.3, 0.4) is 0 Å². The summed E-state index contributed by atoms with van der Waals surface area (Å²) < 4.78 is 0. The first kappa shape index (κ1) is 36.6. The van der Waals surface area contributed by atoms with E-state index in [1.807, 2.05) is 0 Å². The topological polar surface area (TPSA) is 0 Å². The molecule has 25 rings (SSSR count). The number of rotatable bonds is 0. The molecule has 0 unspecified atom stereocenters. The fraction of sp³-hybridized carbons (Fsp3) is 0.143. The number of alkyl halides is 1. The minimum atomic E-state index is 0. The van der Waals surface area contributed by atoms with E-state index in [9.17, 15) is 0 Å². The zero-order valence-electron chi connectivity index (χ0n) is 41.4. The summed E-state index contributed by atoms with van der Waals surface area (Å²) >= 11 is 3.27. The SMILES string of the molecule is CC(C)Br.CC1(C)c2c1c1cc3c4c5c(cc6ccc7cc8c9c%10c(cc2c2c1c4c(c%102)c1c9c7c6c51)C8)C3.[H-].[Na+].c1cc2cc3c4c5c(cc6ccc7cc8c9c%10c(cc1c1c2c4c(c%101)c1c9c7c6c51)C8)C3. The molecule has 20 aromatic carbocycles. The van der Waals surface area contributed by atoms with Gasteiger partial charge < -0.3 is 1.43 Å². The molecule has 20 aromatic rings. The van der Waals surface area contributed by atoms with Gasteiger partial charge in [0.25, 0.3) is 0 Å². The molecule has 0 atom stereocenters. The molecule has 0 fully saturated rings. The molecule has 5 aliphatic carbocycles. The molecule has 2 heteroatoms. The summed E-state index contributed by atoms with van der Waals surface area (Å²) in [5.41, 5.74) is 15.9. The van der Waals surface area contributed by atoms with Gasteiger partial charge in [0.05, 0.1) is 0 Å². The van der Waals surface area contributed by atoms with Gasteiger partial charge in [0, 0.05) is 10.2 Å². The largest absolute Gasteiger partial charge is 1.00 e. The van der Waals surface area contributed by atoms with Gasteiger partial charge in [-0.1, -0.05) is 116 Å². The summed E-state index contributed by atoms with van der Waals surface area (Å²) in [4.78, 5) is 0.646. The van der Waals surface area contributed by atoms with E-state index in [0.29, 0.717) is 4.83 Å². The van der Waals surface area contributed by atoms with Gasteiger partial charge in [0.15, 0.2) is 0 Å². The van der Waals surface area contributed by atoms with Gasteiger partial charge >= 0.3 is 29.6 Å². The second-order valence-corrected chi connectivity index (χ2v) is 26.3. The molecule has 0 nitrogen and oxygen atoms in total. The molecule has 0 bridgehead atoms. The maximum Gasteiger partial charge on any atom is 1.00 e. The van der Waals surface area contributed by atoms with Crippen LogP contribution in [0.5, 0.6) is 0 Å². The Morgan fingerprint density at radius 3 is 0.708 bits per heavy atom. The Morgan fingerprint density at radius 1 is 0.306 bits per heavy atom. The van der Waals surface area contributed by atoms with Crippen LogP contribution < -0.4 is 29.6 Å². The van der Waals surface area contributed by atoms with Gasteiger partial charge in [0.2, 0.25) is 0 Å². The number of fused-ring (bicyclic) bond motifs is 3. The third-order valence-electron chi connectivity index (χ3n) is 20.8. The molecule has 0 spiro atoms. The molecule has 0 saturated carbocycles. The van der Waals surface area contributed by atoms with Crippen molar-refractivity contribution in [2.24, 2.45) is 0 Å². The second kappa shape index (κ2) is 10.4. The van der Waals surface area contributed by atoms with E-state index < -0.39 is 0 Å². The molecule has 0 saturated heterocycles. The molecular formula is C70H36BrNa. The van der Waals surface area contributed by atoms with Gasteiger partial charge in [-0.3, -0.25) is 0 Å². The summed E-state index contributed by atoms with van der Waals surface area (Å²) in [7, 11) is 0. The van der Waals surface area contributed by atoms with Crippen molar-refractivity contribution in [2.75, 3.05) is 0 Å². The first-order valence-corrected chi connectivity index (χ1v) is 27.2. The Hall–Kier alpha value is -6.32. The van der Waals surface area contributed by atoms with Crippen LogP contribution in [0.2, 0.25) is 0 Å². The van der Waals surface area contributed by atoms with Gasteiger partial charge in [-0.05, 0) is 287 Å². The number of hydrogen-bond acceptors (Lipinski definition) is 0. The minimum Gasteiger partial charge on any atom is -1.00 e. The van der Waals surface area contributed by atoms with E-state index in [0.717, 1.165) is 25.7 Å². The summed E-state index contributed by atoms with van der Waals surface area (Å²) in [5.74, 6) is 0. The third-order valence-corrected chi connectivity index (χ3v) is 20.8. The van der Waals surface area contributed by atoms with E-state index in [4.69, 9.17) is 0 Å². The number of hydrogen-bond donors (Lipinski definition) is 0. The van der Waals surface area contributed by atoms with E-state index in [2.05, 4.69) is 129 Å². The quantitative estimate of drug-likeness (QED) is 0.0807. The minimum absolute atomic E-state index is 0. The Bertz CT molecular complexity index is 5460.